The lowest BCUT2D eigenvalue weighted by Gasteiger charge is -2.23. The van der Waals surface area contributed by atoms with Crippen LogP contribution in [0.25, 0.3) is 0 Å². The molecule has 1 unspecified atom stereocenters. The van der Waals surface area contributed by atoms with Crippen molar-refractivity contribution in [3.05, 3.63) is 0 Å². The second kappa shape index (κ2) is 8.34. The molecule has 0 aromatic heterocycles. The zero-order valence-electron chi connectivity index (χ0n) is 11.9. The van der Waals surface area contributed by atoms with E-state index in [4.69, 9.17) is 5.11 Å². The van der Waals surface area contributed by atoms with Gasteiger partial charge in [0.05, 0.1) is 0 Å². The summed E-state index contributed by atoms with van der Waals surface area (Å²) in [5, 5.41) is 14.1. The maximum absolute atomic E-state index is 11.7. The fraction of sp³-hybridized carbons (Fsp3) is 0.750. The third-order valence-corrected chi connectivity index (χ3v) is 2.54. The monoisotopic (exact) mass is 273 g/mol. The molecule has 0 radical (unpaired) electrons. The van der Waals surface area contributed by atoms with Crippen LogP contribution in [0.2, 0.25) is 0 Å². The van der Waals surface area contributed by atoms with Gasteiger partial charge in [-0.2, -0.15) is 0 Å². The van der Waals surface area contributed by atoms with E-state index in [9.17, 15) is 14.4 Å². The molecule has 0 aliphatic heterocycles. The van der Waals surface area contributed by atoms with E-state index in [1.54, 1.807) is 6.92 Å². The molecule has 0 aliphatic carbocycles. The van der Waals surface area contributed by atoms with Gasteiger partial charge >= 0.3 is 12.0 Å². The molecule has 19 heavy (non-hydrogen) atoms. The Bertz CT molecular complexity index is 331. The van der Waals surface area contributed by atoms with Crippen LogP contribution in [0, 0.1) is 0 Å². The highest BCUT2D eigenvalue weighted by Gasteiger charge is 2.24. The number of carbonyl (C=O) groups excluding carboxylic acids is 2. The molecule has 0 spiro atoms. The Hall–Kier alpha value is -1.79. The highest BCUT2D eigenvalue weighted by molar-refractivity contribution is 5.83. The van der Waals surface area contributed by atoms with E-state index in [0.29, 0.717) is 6.42 Å². The van der Waals surface area contributed by atoms with Crippen molar-refractivity contribution >= 4 is 17.9 Å². The summed E-state index contributed by atoms with van der Waals surface area (Å²) in [5.41, 5.74) is 0. The number of nitrogens with zero attached hydrogens (tertiary/aromatic N) is 1. The Balaban J connectivity index is 4.10. The smallest absolute Gasteiger partial charge is 0.326 e. The van der Waals surface area contributed by atoms with Gasteiger partial charge in [0.15, 0.2) is 0 Å². The zero-order chi connectivity index (χ0) is 15.0. The second-order valence-electron chi connectivity index (χ2n) is 4.58. The summed E-state index contributed by atoms with van der Waals surface area (Å²) in [5.74, 6) is -1.19. The van der Waals surface area contributed by atoms with E-state index in [0.717, 1.165) is 4.90 Å². The van der Waals surface area contributed by atoms with Crippen LogP contribution in [0.1, 0.15) is 33.6 Å². The number of aliphatic carboxylic acids is 1. The third kappa shape index (κ3) is 6.64. The van der Waals surface area contributed by atoms with E-state index in [-0.39, 0.29) is 24.9 Å². The maximum atomic E-state index is 11.7. The lowest BCUT2D eigenvalue weighted by molar-refractivity contribution is -0.141. The predicted octanol–water partition coefficient (Wildman–Crippen LogP) is 0.406. The minimum atomic E-state index is -1.04. The summed E-state index contributed by atoms with van der Waals surface area (Å²) < 4.78 is 0. The first-order valence-electron chi connectivity index (χ1n) is 6.32. The Morgan fingerprint density at radius 2 is 1.84 bits per heavy atom. The number of likely N-dealkylation sites (N-methyl/N-ethyl adjacent to an activating group) is 1. The van der Waals surface area contributed by atoms with E-state index < -0.39 is 18.0 Å². The average Bonchev–Trinajstić information content (AvgIpc) is 2.27. The molecule has 0 heterocycles. The molecule has 0 saturated heterocycles. The van der Waals surface area contributed by atoms with Gasteiger partial charge in [-0.15, -0.1) is 0 Å². The summed E-state index contributed by atoms with van der Waals surface area (Å²) in [4.78, 5) is 35.0. The Morgan fingerprint density at radius 3 is 2.26 bits per heavy atom. The lowest BCUT2D eigenvalue weighted by atomic mass is 10.2. The van der Waals surface area contributed by atoms with Gasteiger partial charge in [0.2, 0.25) is 5.91 Å². The molecule has 0 aromatic carbocycles. The van der Waals surface area contributed by atoms with E-state index in [1.165, 1.54) is 7.05 Å². The van der Waals surface area contributed by atoms with Crippen molar-refractivity contribution in [1.29, 1.82) is 0 Å². The Morgan fingerprint density at radius 1 is 1.26 bits per heavy atom. The minimum Gasteiger partial charge on any atom is -0.480 e. The van der Waals surface area contributed by atoms with Crippen molar-refractivity contribution in [3.8, 4) is 0 Å². The number of nitrogens with one attached hydrogen (secondary N) is 2. The van der Waals surface area contributed by atoms with Gasteiger partial charge in [-0.25, -0.2) is 9.59 Å². The van der Waals surface area contributed by atoms with Gasteiger partial charge in [-0.3, -0.25) is 4.79 Å². The number of carbonyl (C=O) groups is 3. The number of hydrogen-bond donors (Lipinski definition) is 3. The van der Waals surface area contributed by atoms with Crippen LogP contribution in [0.3, 0.4) is 0 Å². The predicted molar refractivity (Wildman–Crippen MR) is 70.8 cm³/mol. The van der Waals surface area contributed by atoms with Gasteiger partial charge in [0, 0.05) is 26.1 Å². The van der Waals surface area contributed by atoms with Crippen LogP contribution in [-0.2, 0) is 9.59 Å². The van der Waals surface area contributed by atoms with Crippen LogP contribution >= 0.6 is 0 Å². The molecule has 0 saturated carbocycles. The first-order valence-corrected chi connectivity index (χ1v) is 6.32. The summed E-state index contributed by atoms with van der Waals surface area (Å²) in [6.07, 6.45) is 0.495. The van der Waals surface area contributed by atoms with Crippen molar-refractivity contribution in [3.63, 3.8) is 0 Å². The minimum absolute atomic E-state index is 0.0577. The first-order chi connectivity index (χ1) is 8.79. The maximum Gasteiger partial charge on any atom is 0.326 e. The average molecular weight is 273 g/mol. The standard InChI is InChI=1S/C12H23N3O4/c1-5-9(11(17)18)15(4)12(19)13-7-6-10(16)14-8(2)3/h8-9H,5-7H2,1-4H3,(H,13,19)(H,14,16)(H,17,18). The Kier molecular flexibility index (Phi) is 7.55. The topological polar surface area (TPSA) is 98.7 Å². The van der Waals surface area contributed by atoms with Crippen LogP contribution < -0.4 is 10.6 Å². The largest absolute Gasteiger partial charge is 0.480 e. The van der Waals surface area contributed by atoms with E-state index in [2.05, 4.69) is 10.6 Å². The van der Waals surface area contributed by atoms with Crippen molar-refractivity contribution in [2.75, 3.05) is 13.6 Å². The van der Waals surface area contributed by atoms with Crippen LogP contribution in [0.15, 0.2) is 0 Å². The second-order valence-corrected chi connectivity index (χ2v) is 4.58. The van der Waals surface area contributed by atoms with Crippen LogP contribution in [-0.4, -0.2) is 53.6 Å². The van der Waals surface area contributed by atoms with Crippen LogP contribution in [0.4, 0.5) is 4.79 Å². The molecule has 0 rings (SSSR count). The third-order valence-electron chi connectivity index (χ3n) is 2.54. The molecule has 7 heteroatoms. The molecular weight excluding hydrogens is 250 g/mol. The molecular formula is C12H23N3O4. The van der Waals surface area contributed by atoms with Crippen molar-refractivity contribution in [2.24, 2.45) is 0 Å². The van der Waals surface area contributed by atoms with Gasteiger partial charge in [0.1, 0.15) is 6.04 Å². The first kappa shape index (κ1) is 17.2. The number of carboxylic acid groups (broad SMARTS) is 1. The number of hydrogen-bond acceptors (Lipinski definition) is 3. The van der Waals surface area contributed by atoms with Gasteiger partial charge < -0.3 is 20.6 Å². The normalized spacial score (nSPS) is 11.8. The quantitative estimate of drug-likeness (QED) is 0.625. The van der Waals surface area contributed by atoms with E-state index >= 15 is 0 Å². The van der Waals surface area contributed by atoms with E-state index in [1.807, 2.05) is 13.8 Å². The van der Waals surface area contributed by atoms with Crippen molar-refractivity contribution in [2.45, 2.75) is 45.7 Å². The molecule has 110 valence electrons. The molecule has 0 bridgehead atoms. The van der Waals surface area contributed by atoms with Crippen molar-refractivity contribution in [1.82, 2.24) is 15.5 Å². The zero-order valence-corrected chi connectivity index (χ0v) is 11.9. The van der Waals surface area contributed by atoms with Crippen molar-refractivity contribution < 1.29 is 19.5 Å². The summed E-state index contributed by atoms with van der Waals surface area (Å²) in [6.45, 7) is 5.57. The fourth-order valence-electron chi connectivity index (χ4n) is 1.56. The SMILES string of the molecule is CCC(C(=O)O)N(C)C(=O)NCCC(=O)NC(C)C. The number of amides is 3. The molecule has 1 atom stereocenters. The highest BCUT2D eigenvalue weighted by atomic mass is 16.4. The lowest BCUT2D eigenvalue weighted by Crippen LogP contribution is -2.47. The summed E-state index contributed by atoms with van der Waals surface area (Å²) in [7, 11) is 1.42. The molecule has 0 aromatic rings. The van der Waals surface area contributed by atoms with Gasteiger partial charge in [-0.1, -0.05) is 6.92 Å². The molecule has 3 N–H and O–H groups in total. The van der Waals surface area contributed by atoms with Gasteiger partial charge in [-0.05, 0) is 20.3 Å². The Labute approximate surface area is 113 Å². The molecule has 7 nitrogen and oxygen atoms in total. The number of rotatable bonds is 7. The molecule has 0 fully saturated rings. The highest BCUT2D eigenvalue weighted by Crippen LogP contribution is 2.02. The molecule has 3 amide bonds. The number of urea groups is 1. The summed E-state index contributed by atoms with van der Waals surface area (Å²) in [6, 6.07) is -1.29. The fourth-order valence-corrected chi connectivity index (χ4v) is 1.56. The molecule has 0 aliphatic rings. The van der Waals surface area contributed by atoms with Crippen LogP contribution in [0.5, 0.6) is 0 Å². The number of carboxylic acids is 1. The van der Waals surface area contributed by atoms with Gasteiger partial charge in [0.25, 0.3) is 0 Å². The summed E-state index contributed by atoms with van der Waals surface area (Å²) >= 11 is 0.